The molecule has 24 heavy (non-hydrogen) atoms. The summed E-state index contributed by atoms with van der Waals surface area (Å²) < 4.78 is 15.1. The van der Waals surface area contributed by atoms with Crippen LogP contribution in [0.25, 0.3) is 0 Å². The molecule has 0 aliphatic carbocycles. The van der Waals surface area contributed by atoms with Crippen molar-refractivity contribution in [3.05, 3.63) is 53.1 Å². The van der Waals surface area contributed by atoms with Crippen molar-refractivity contribution in [1.29, 1.82) is 0 Å². The molecule has 2 rings (SSSR count). The predicted molar refractivity (Wildman–Crippen MR) is 90.0 cm³/mol. The Morgan fingerprint density at radius 2 is 1.42 bits per heavy atom. The Balaban J connectivity index is 2.22. The summed E-state index contributed by atoms with van der Waals surface area (Å²) in [4.78, 5) is 23.8. The number of nitrogens with one attached hydrogen (secondary N) is 1. The number of anilines is 1. The molecule has 0 aliphatic heterocycles. The molecule has 0 unspecified atom stereocenters. The summed E-state index contributed by atoms with van der Waals surface area (Å²) in [5.41, 5.74) is 2.27. The van der Waals surface area contributed by atoms with Crippen molar-refractivity contribution in [1.82, 2.24) is 0 Å². The number of benzene rings is 2. The largest absolute Gasteiger partial charge is 0.493 e. The average molecular weight is 329 g/mol. The maximum atomic E-state index is 12.4. The minimum absolute atomic E-state index is 0.290. The third-order valence-corrected chi connectivity index (χ3v) is 3.55. The van der Waals surface area contributed by atoms with E-state index >= 15 is 0 Å². The van der Waals surface area contributed by atoms with Gasteiger partial charge < -0.3 is 19.5 Å². The van der Waals surface area contributed by atoms with Gasteiger partial charge in [-0.1, -0.05) is 0 Å². The summed E-state index contributed by atoms with van der Waals surface area (Å²) in [6.45, 7) is 1.86. The minimum atomic E-state index is -0.447. The van der Waals surface area contributed by atoms with Crippen LogP contribution < -0.4 is 14.8 Å². The van der Waals surface area contributed by atoms with E-state index in [2.05, 4.69) is 10.1 Å². The Bertz CT molecular complexity index is 753. The van der Waals surface area contributed by atoms with Crippen molar-refractivity contribution in [3.8, 4) is 11.5 Å². The van der Waals surface area contributed by atoms with E-state index in [1.54, 1.807) is 43.5 Å². The molecule has 0 aliphatic rings. The predicted octanol–water partition coefficient (Wildman–Crippen LogP) is 3.05. The molecule has 2 aromatic carbocycles. The maximum absolute atomic E-state index is 12.4. The van der Waals surface area contributed by atoms with Gasteiger partial charge in [0.05, 0.1) is 26.9 Å². The Morgan fingerprint density at radius 3 is 1.96 bits per heavy atom. The van der Waals surface area contributed by atoms with Gasteiger partial charge in [-0.05, 0) is 42.8 Å². The lowest BCUT2D eigenvalue weighted by molar-refractivity contribution is 0.0600. The summed E-state index contributed by atoms with van der Waals surface area (Å²) in [5.74, 6) is 0.384. The molecule has 6 heteroatoms. The van der Waals surface area contributed by atoms with Crippen LogP contribution in [0.1, 0.15) is 26.3 Å². The second-order valence-corrected chi connectivity index (χ2v) is 5.05. The quantitative estimate of drug-likeness (QED) is 0.854. The zero-order valence-electron chi connectivity index (χ0n) is 14.0. The number of hydrogen-bond donors (Lipinski definition) is 1. The van der Waals surface area contributed by atoms with Crippen LogP contribution in [0.15, 0.2) is 36.4 Å². The maximum Gasteiger partial charge on any atom is 0.337 e. The molecule has 0 atom stereocenters. The van der Waals surface area contributed by atoms with Gasteiger partial charge in [-0.25, -0.2) is 4.79 Å². The number of ether oxygens (including phenoxy) is 3. The monoisotopic (exact) mass is 329 g/mol. The van der Waals surface area contributed by atoms with Crippen molar-refractivity contribution < 1.29 is 23.8 Å². The molecule has 0 saturated carbocycles. The van der Waals surface area contributed by atoms with Gasteiger partial charge >= 0.3 is 5.97 Å². The van der Waals surface area contributed by atoms with Crippen molar-refractivity contribution in [3.63, 3.8) is 0 Å². The molecule has 0 fully saturated rings. The smallest absolute Gasteiger partial charge is 0.337 e. The number of esters is 1. The SMILES string of the molecule is COC(=O)c1ccc(C(=O)Nc2cc(OC)c(OC)cc2C)cc1. The molecule has 6 nitrogen and oxygen atoms in total. The zero-order valence-corrected chi connectivity index (χ0v) is 14.0. The van der Waals surface area contributed by atoms with Gasteiger partial charge in [0, 0.05) is 17.3 Å². The second-order valence-electron chi connectivity index (χ2n) is 5.05. The molecule has 1 amide bonds. The first kappa shape index (κ1) is 17.3. The molecule has 0 spiro atoms. The fourth-order valence-electron chi connectivity index (χ4n) is 2.19. The fraction of sp³-hybridized carbons (Fsp3) is 0.222. The van der Waals surface area contributed by atoms with E-state index in [0.717, 1.165) is 5.56 Å². The van der Waals surface area contributed by atoms with Crippen LogP contribution in [0.5, 0.6) is 11.5 Å². The molecule has 0 saturated heterocycles. The topological polar surface area (TPSA) is 73.9 Å². The van der Waals surface area contributed by atoms with Crippen molar-refractivity contribution in [2.45, 2.75) is 6.92 Å². The Morgan fingerprint density at radius 1 is 0.875 bits per heavy atom. The van der Waals surface area contributed by atoms with E-state index in [1.165, 1.54) is 14.2 Å². The summed E-state index contributed by atoms with van der Waals surface area (Å²) in [5, 5.41) is 2.82. The fourth-order valence-corrected chi connectivity index (χ4v) is 2.19. The lowest BCUT2D eigenvalue weighted by Crippen LogP contribution is -2.13. The van der Waals surface area contributed by atoms with Crippen LogP contribution in [-0.4, -0.2) is 33.2 Å². The van der Waals surface area contributed by atoms with Crippen LogP contribution in [0.3, 0.4) is 0 Å². The van der Waals surface area contributed by atoms with Crippen LogP contribution in [0, 0.1) is 6.92 Å². The lowest BCUT2D eigenvalue weighted by atomic mass is 10.1. The first-order valence-corrected chi connectivity index (χ1v) is 7.22. The van der Waals surface area contributed by atoms with Gasteiger partial charge in [-0.3, -0.25) is 4.79 Å². The van der Waals surface area contributed by atoms with E-state index < -0.39 is 5.97 Å². The first-order valence-electron chi connectivity index (χ1n) is 7.22. The van der Waals surface area contributed by atoms with Crippen molar-refractivity contribution >= 4 is 17.6 Å². The highest BCUT2D eigenvalue weighted by Crippen LogP contribution is 2.33. The molecular weight excluding hydrogens is 310 g/mol. The molecule has 2 aromatic rings. The third-order valence-electron chi connectivity index (χ3n) is 3.55. The Kier molecular flexibility index (Phi) is 5.42. The molecule has 0 radical (unpaired) electrons. The van der Waals surface area contributed by atoms with E-state index in [-0.39, 0.29) is 5.91 Å². The van der Waals surface area contributed by atoms with Gasteiger partial charge in [0.25, 0.3) is 5.91 Å². The van der Waals surface area contributed by atoms with Gasteiger partial charge in [-0.15, -0.1) is 0 Å². The first-order chi connectivity index (χ1) is 11.5. The summed E-state index contributed by atoms with van der Waals surface area (Å²) in [6, 6.07) is 9.71. The number of hydrogen-bond acceptors (Lipinski definition) is 5. The van der Waals surface area contributed by atoms with Crippen LogP contribution >= 0.6 is 0 Å². The van der Waals surface area contributed by atoms with Gasteiger partial charge in [0.15, 0.2) is 11.5 Å². The normalized spacial score (nSPS) is 10.0. The number of carbonyl (C=O) groups is 2. The van der Waals surface area contributed by atoms with Crippen LogP contribution in [0.2, 0.25) is 0 Å². The highest BCUT2D eigenvalue weighted by Gasteiger charge is 2.13. The summed E-state index contributed by atoms with van der Waals surface area (Å²) in [6.07, 6.45) is 0. The lowest BCUT2D eigenvalue weighted by Gasteiger charge is -2.13. The van der Waals surface area contributed by atoms with E-state index in [0.29, 0.717) is 28.3 Å². The second kappa shape index (κ2) is 7.50. The number of carbonyl (C=O) groups excluding carboxylic acids is 2. The van der Waals surface area contributed by atoms with Gasteiger partial charge in [0.2, 0.25) is 0 Å². The average Bonchev–Trinajstić information content (AvgIpc) is 2.62. The van der Waals surface area contributed by atoms with Gasteiger partial charge in [-0.2, -0.15) is 0 Å². The summed E-state index contributed by atoms with van der Waals surface area (Å²) >= 11 is 0. The number of aryl methyl sites for hydroxylation is 1. The highest BCUT2D eigenvalue weighted by molar-refractivity contribution is 6.05. The summed E-state index contributed by atoms with van der Waals surface area (Å²) in [7, 11) is 4.39. The number of methoxy groups -OCH3 is 3. The standard InChI is InChI=1S/C18H19NO5/c1-11-9-15(22-2)16(23-3)10-14(11)19-17(20)12-5-7-13(8-6-12)18(21)24-4/h5-10H,1-4H3,(H,19,20). The Labute approximate surface area is 140 Å². The van der Waals surface area contributed by atoms with E-state index in [4.69, 9.17) is 9.47 Å². The minimum Gasteiger partial charge on any atom is -0.493 e. The van der Waals surface area contributed by atoms with Crippen LogP contribution in [0.4, 0.5) is 5.69 Å². The molecule has 1 N–H and O–H groups in total. The van der Waals surface area contributed by atoms with E-state index in [1.807, 2.05) is 6.92 Å². The highest BCUT2D eigenvalue weighted by atomic mass is 16.5. The van der Waals surface area contributed by atoms with E-state index in [9.17, 15) is 9.59 Å². The van der Waals surface area contributed by atoms with Crippen molar-refractivity contribution in [2.24, 2.45) is 0 Å². The third kappa shape index (κ3) is 3.65. The number of amides is 1. The molecular formula is C18H19NO5. The zero-order chi connectivity index (χ0) is 17.7. The number of rotatable bonds is 5. The molecule has 0 heterocycles. The van der Waals surface area contributed by atoms with Gasteiger partial charge in [0.1, 0.15) is 0 Å². The van der Waals surface area contributed by atoms with Crippen LogP contribution in [-0.2, 0) is 4.74 Å². The molecule has 126 valence electrons. The van der Waals surface area contributed by atoms with Crippen molar-refractivity contribution in [2.75, 3.05) is 26.6 Å². The molecule has 0 bridgehead atoms. The molecule has 0 aromatic heterocycles. The Hall–Kier alpha value is -3.02.